The monoisotopic (exact) mass is 447 g/mol. The zero-order valence-electron chi connectivity index (χ0n) is 16.5. The van der Waals surface area contributed by atoms with Gasteiger partial charge in [0.25, 0.3) is 5.91 Å². The molecule has 0 bridgehead atoms. The van der Waals surface area contributed by atoms with Gasteiger partial charge in [0, 0.05) is 21.5 Å². The van der Waals surface area contributed by atoms with Crippen LogP contribution in [0.4, 0.5) is 8.78 Å². The molecule has 156 valence electrons. The van der Waals surface area contributed by atoms with Crippen molar-refractivity contribution in [2.75, 3.05) is 6.67 Å². The van der Waals surface area contributed by atoms with Gasteiger partial charge in [0.1, 0.15) is 18.3 Å². The highest BCUT2D eigenvalue weighted by Gasteiger charge is 2.28. The summed E-state index contributed by atoms with van der Waals surface area (Å²) in [7, 11) is 0. The van der Waals surface area contributed by atoms with Crippen LogP contribution in [0.1, 0.15) is 24.5 Å². The summed E-state index contributed by atoms with van der Waals surface area (Å²) in [4.78, 5) is 13.0. The molecule has 1 aliphatic heterocycles. The van der Waals surface area contributed by atoms with Crippen molar-refractivity contribution in [2.24, 2.45) is 5.10 Å². The van der Waals surface area contributed by atoms with Gasteiger partial charge >= 0.3 is 0 Å². The lowest BCUT2D eigenvalue weighted by molar-refractivity contribution is -0.116. The quantitative estimate of drug-likeness (QED) is 0.361. The van der Waals surface area contributed by atoms with Crippen LogP contribution in [0.25, 0.3) is 5.57 Å². The number of hydrazone groups is 1. The van der Waals surface area contributed by atoms with Crippen molar-refractivity contribution in [3.05, 3.63) is 82.5 Å². The molecule has 0 unspecified atom stereocenters. The standard InChI is InChI=1S/C22H20ClF2N3OS/c1-4-17-21(20-13(3)7-6-8-15(20)23)22(29)26-12-28(17)27-19(5-2)30-18-10-9-14(24)11-16(18)25/h4,6-11H,1,5,12H2,2-3H3,(H,26,29)/b27-19+. The molecule has 0 fully saturated rings. The van der Waals surface area contributed by atoms with Gasteiger partial charge in [-0.3, -0.25) is 4.79 Å². The summed E-state index contributed by atoms with van der Waals surface area (Å²) in [5.41, 5.74) is 2.33. The van der Waals surface area contributed by atoms with Crippen LogP contribution in [0.3, 0.4) is 0 Å². The number of rotatable bonds is 5. The van der Waals surface area contributed by atoms with Gasteiger partial charge in [-0.1, -0.05) is 49.0 Å². The van der Waals surface area contributed by atoms with Crippen molar-refractivity contribution in [1.82, 2.24) is 10.3 Å². The molecule has 3 rings (SSSR count). The third-order valence-electron chi connectivity index (χ3n) is 4.47. The number of allylic oxidation sites excluding steroid dienone is 1. The van der Waals surface area contributed by atoms with E-state index in [1.165, 1.54) is 12.1 Å². The molecule has 0 aliphatic carbocycles. The van der Waals surface area contributed by atoms with Crippen LogP contribution < -0.4 is 5.32 Å². The molecule has 1 aliphatic rings. The Labute approximate surface area is 183 Å². The van der Waals surface area contributed by atoms with Crippen LogP contribution in [0.2, 0.25) is 5.02 Å². The SMILES string of the molecule is C=CC1=C(c2c(C)cccc2Cl)C(=O)NCN1/N=C(\CC)Sc1ccc(F)cc1F. The third kappa shape index (κ3) is 4.57. The zero-order valence-corrected chi connectivity index (χ0v) is 18.1. The topological polar surface area (TPSA) is 44.7 Å². The number of nitrogens with zero attached hydrogens (tertiary/aromatic N) is 2. The van der Waals surface area contributed by atoms with E-state index in [0.717, 1.165) is 23.4 Å². The maximum atomic E-state index is 14.1. The molecule has 1 heterocycles. The number of carbonyl (C=O) groups is 1. The summed E-state index contributed by atoms with van der Waals surface area (Å²) in [6.45, 7) is 7.72. The van der Waals surface area contributed by atoms with Crippen LogP contribution >= 0.6 is 23.4 Å². The molecular formula is C22H20ClF2N3OS. The number of benzene rings is 2. The molecule has 2 aromatic carbocycles. The first kappa shape index (κ1) is 22.1. The molecule has 0 saturated carbocycles. The summed E-state index contributed by atoms with van der Waals surface area (Å²) in [5, 5.41) is 10.0. The number of nitrogens with one attached hydrogen (secondary N) is 1. The first-order chi connectivity index (χ1) is 14.3. The fraction of sp³-hybridized carbons (Fsp3) is 0.182. The van der Waals surface area contributed by atoms with E-state index in [0.29, 0.717) is 33.3 Å². The van der Waals surface area contributed by atoms with Crippen molar-refractivity contribution in [1.29, 1.82) is 0 Å². The minimum absolute atomic E-state index is 0.128. The van der Waals surface area contributed by atoms with E-state index in [1.54, 1.807) is 17.2 Å². The average Bonchev–Trinajstić information content (AvgIpc) is 2.71. The van der Waals surface area contributed by atoms with Gasteiger partial charge < -0.3 is 5.32 Å². The molecule has 8 heteroatoms. The second-order valence-electron chi connectivity index (χ2n) is 6.48. The predicted octanol–water partition coefficient (Wildman–Crippen LogP) is 5.73. The van der Waals surface area contributed by atoms with Gasteiger partial charge in [0.2, 0.25) is 0 Å². The number of aryl methyl sites for hydroxylation is 1. The maximum absolute atomic E-state index is 14.1. The number of thioether (sulfide) groups is 1. The van der Waals surface area contributed by atoms with Crippen molar-refractivity contribution < 1.29 is 13.6 Å². The highest BCUT2D eigenvalue weighted by Crippen LogP contribution is 2.34. The number of halogens is 3. The lowest BCUT2D eigenvalue weighted by Gasteiger charge is -2.30. The van der Waals surface area contributed by atoms with Crippen molar-refractivity contribution in [3.63, 3.8) is 0 Å². The Kier molecular flexibility index (Phi) is 6.95. The Bertz CT molecular complexity index is 1050. The van der Waals surface area contributed by atoms with E-state index in [2.05, 4.69) is 17.0 Å². The predicted molar refractivity (Wildman–Crippen MR) is 118 cm³/mol. The summed E-state index contributed by atoms with van der Waals surface area (Å²) in [5.74, 6) is -1.56. The summed E-state index contributed by atoms with van der Waals surface area (Å²) in [6.07, 6.45) is 2.06. The van der Waals surface area contributed by atoms with Crippen LogP contribution in [0.5, 0.6) is 0 Å². The van der Waals surface area contributed by atoms with Crippen molar-refractivity contribution in [3.8, 4) is 0 Å². The van der Waals surface area contributed by atoms with Crippen LogP contribution in [0, 0.1) is 18.6 Å². The summed E-state index contributed by atoms with van der Waals surface area (Å²) >= 11 is 7.49. The number of hydrogen-bond acceptors (Lipinski definition) is 4. The fourth-order valence-electron chi connectivity index (χ4n) is 3.04. The first-order valence-electron chi connectivity index (χ1n) is 9.24. The molecule has 1 N–H and O–H groups in total. The number of carbonyl (C=O) groups excluding carboxylic acids is 1. The average molecular weight is 448 g/mol. The summed E-state index contributed by atoms with van der Waals surface area (Å²) < 4.78 is 27.3. The lowest BCUT2D eigenvalue weighted by Crippen LogP contribution is -2.41. The van der Waals surface area contributed by atoms with Crippen molar-refractivity contribution >= 4 is 39.9 Å². The largest absolute Gasteiger partial charge is 0.333 e. The van der Waals surface area contributed by atoms with Gasteiger partial charge in [-0.15, -0.1) is 0 Å². The second kappa shape index (κ2) is 9.45. The van der Waals surface area contributed by atoms with Crippen LogP contribution in [0.15, 0.2) is 64.7 Å². The van der Waals surface area contributed by atoms with E-state index in [9.17, 15) is 13.6 Å². The Morgan fingerprint density at radius 2 is 2.13 bits per heavy atom. The van der Waals surface area contributed by atoms with Crippen LogP contribution in [-0.4, -0.2) is 22.6 Å². The van der Waals surface area contributed by atoms with Gasteiger partial charge in [-0.05, 0) is 43.2 Å². The number of hydrogen-bond donors (Lipinski definition) is 1. The fourth-order valence-corrected chi connectivity index (χ4v) is 4.18. The number of amides is 1. The van der Waals surface area contributed by atoms with Crippen molar-refractivity contribution in [2.45, 2.75) is 25.2 Å². The van der Waals surface area contributed by atoms with Crippen LogP contribution in [-0.2, 0) is 4.79 Å². The minimum Gasteiger partial charge on any atom is -0.333 e. The maximum Gasteiger partial charge on any atom is 0.255 e. The highest BCUT2D eigenvalue weighted by atomic mass is 35.5. The van der Waals surface area contributed by atoms with Gasteiger partial charge in [-0.25, -0.2) is 13.8 Å². The molecule has 30 heavy (non-hydrogen) atoms. The first-order valence-corrected chi connectivity index (χ1v) is 10.4. The van der Waals surface area contributed by atoms with E-state index in [4.69, 9.17) is 11.6 Å². The molecular weight excluding hydrogens is 428 g/mol. The Morgan fingerprint density at radius 3 is 2.77 bits per heavy atom. The third-order valence-corrected chi connectivity index (χ3v) is 5.94. The molecule has 0 spiro atoms. The molecule has 0 atom stereocenters. The Hall–Kier alpha value is -2.64. The van der Waals surface area contributed by atoms with E-state index < -0.39 is 11.6 Å². The Morgan fingerprint density at radius 1 is 1.37 bits per heavy atom. The molecule has 4 nitrogen and oxygen atoms in total. The lowest BCUT2D eigenvalue weighted by atomic mass is 9.96. The molecule has 0 radical (unpaired) electrons. The van der Waals surface area contributed by atoms with E-state index in [-0.39, 0.29) is 17.5 Å². The molecule has 1 amide bonds. The normalized spacial score (nSPS) is 14.8. The van der Waals surface area contributed by atoms with Gasteiger partial charge in [0.15, 0.2) is 0 Å². The summed E-state index contributed by atoms with van der Waals surface area (Å²) in [6, 6.07) is 8.82. The highest BCUT2D eigenvalue weighted by molar-refractivity contribution is 8.14. The zero-order chi connectivity index (χ0) is 21.8. The van der Waals surface area contributed by atoms with Gasteiger partial charge in [0.05, 0.1) is 16.3 Å². The Balaban J connectivity index is 2.04. The van der Waals surface area contributed by atoms with E-state index in [1.807, 2.05) is 26.0 Å². The molecule has 0 saturated heterocycles. The van der Waals surface area contributed by atoms with E-state index >= 15 is 0 Å². The molecule has 2 aromatic rings. The molecule has 0 aromatic heterocycles. The smallest absolute Gasteiger partial charge is 0.255 e. The minimum atomic E-state index is -0.653. The van der Waals surface area contributed by atoms with Gasteiger partial charge in [-0.2, -0.15) is 5.10 Å². The second-order valence-corrected chi connectivity index (χ2v) is 8.01.